The average Bonchev–Trinajstić information content (AvgIpc) is 2.90. The quantitative estimate of drug-likeness (QED) is 0.128. The van der Waals surface area contributed by atoms with Gasteiger partial charge in [-0.25, -0.2) is 0 Å². The van der Waals surface area contributed by atoms with Gasteiger partial charge in [0.05, 0.1) is 17.1 Å². The Morgan fingerprint density at radius 1 is 0.591 bits per heavy atom. The number of hydrogen-bond donors (Lipinski definition) is 4. The van der Waals surface area contributed by atoms with E-state index in [0.717, 1.165) is 6.07 Å². The smallest absolute Gasteiger partial charge is 0.425 e. The summed E-state index contributed by atoms with van der Waals surface area (Å²) in [4.78, 5) is -1.18. The number of hydrogen-bond acceptors (Lipinski definition) is 16. The number of nitrogens with two attached hydrogens (primary N) is 1. The van der Waals surface area contributed by atoms with Crippen LogP contribution in [-0.2, 0) is 41.5 Å². The van der Waals surface area contributed by atoms with E-state index >= 15 is 0 Å². The van der Waals surface area contributed by atoms with E-state index in [4.69, 9.17) is 31.0 Å². The fourth-order valence-corrected chi connectivity index (χ4v) is 4.77. The summed E-state index contributed by atoms with van der Waals surface area (Å²) in [6, 6.07) is 17.3. The third-order valence-electron chi connectivity index (χ3n) is 4.91. The van der Waals surface area contributed by atoms with Gasteiger partial charge in [0.1, 0.15) is 21.2 Å². The molecule has 0 radical (unpaired) electrons. The van der Waals surface area contributed by atoms with Crippen LogP contribution in [0.25, 0.3) is 10.8 Å². The zero-order valence-corrected chi connectivity index (χ0v) is 24.6. The second kappa shape index (κ2) is 14.9. The van der Waals surface area contributed by atoms with Gasteiger partial charge in [0.15, 0.2) is 5.75 Å². The zero-order valence-electron chi connectivity index (χ0n) is 21.4. The number of anilines is 1. The normalized spacial score (nSPS) is 11.4. The first kappa shape index (κ1) is 35.2. The monoisotopic (exact) mass is 687 g/mol. The van der Waals surface area contributed by atoms with Gasteiger partial charge in [-0.3, -0.25) is 9.11 Å². The van der Waals surface area contributed by atoms with Crippen LogP contribution in [0.2, 0.25) is 0 Å². The van der Waals surface area contributed by atoms with Crippen LogP contribution in [0.1, 0.15) is 0 Å². The molecule has 0 saturated carbocycles. The van der Waals surface area contributed by atoms with Crippen LogP contribution in [0, 0.1) is 0 Å². The Balaban J connectivity index is 0.000000754. The Kier molecular flexibility index (Phi) is 12.0. The Hall–Kier alpha value is -5.00. The number of phenols is 1. The van der Waals surface area contributed by atoms with Crippen LogP contribution in [0.15, 0.2) is 103 Å². The molecule has 4 aromatic carbocycles. The van der Waals surface area contributed by atoms with E-state index in [1.807, 2.05) is 0 Å². The molecule has 0 spiro atoms. The predicted octanol–water partition coefficient (Wildman–Crippen LogP) is 3.44. The van der Waals surface area contributed by atoms with Crippen molar-refractivity contribution in [2.75, 3.05) is 5.73 Å². The molecule has 0 atom stereocenters. The molecule has 0 fully saturated rings. The van der Waals surface area contributed by atoms with E-state index in [0.29, 0.717) is 5.69 Å². The molecule has 0 heterocycles. The number of phenolic OH excluding ortho intramolecular Hbond substituents is 1. The van der Waals surface area contributed by atoms with Gasteiger partial charge < -0.3 is 10.8 Å². The summed E-state index contributed by atoms with van der Waals surface area (Å²) in [5, 5.41) is 26.1. The fourth-order valence-electron chi connectivity index (χ4n) is 3.31. The number of azo groups is 2. The maximum atomic E-state index is 11.9. The van der Waals surface area contributed by atoms with Gasteiger partial charge in [0.2, 0.25) is 0 Å². The molecule has 5 N–H and O–H groups in total. The average molecular weight is 688 g/mol. The second-order valence-electron chi connectivity index (χ2n) is 7.76. The highest BCUT2D eigenvalue weighted by molar-refractivity contribution is 7.86. The number of aromatic hydroxyl groups is 1. The number of nitrogens with zero attached hydrogens (tertiary/aromatic N) is 4. The van der Waals surface area contributed by atoms with E-state index < -0.39 is 57.0 Å². The third kappa shape index (κ3) is 10.4. The van der Waals surface area contributed by atoms with Gasteiger partial charge in [-0.1, -0.05) is 24.3 Å². The van der Waals surface area contributed by atoms with Crippen LogP contribution in [0.4, 0.5) is 28.4 Å². The lowest BCUT2D eigenvalue weighted by Crippen LogP contribution is -2.04. The first-order valence-corrected chi connectivity index (χ1v) is 15.8. The standard InChI is InChI=1S/C22H17N5O7S2.2O3S/c23-17-9-7-15-16(22(17)36(32,33)34)8-11-19(21(15)28)27-26-18-10-6-14(12-20(18)35(29,30)31)25-24-13-4-2-1-3-5-13;2*1-4(2)3/h1-12,28H,23H2,(H,29,30,31)(H,32,33,34);;. The molecule has 0 unspecified atom stereocenters. The Bertz CT molecular complexity index is 2170. The van der Waals surface area contributed by atoms with Crippen molar-refractivity contribution >= 4 is 80.7 Å². The molecule has 0 saturated heterocycles. The zero-order chi connectivity index (χ0) is 33.2. The molecule has 232 valence electrons. The van der Waals surface area contributed by atoms with Crippen LogP contribution >= 0.6 is 0 Å². The van der Waals surface area contributed by atoms with E-state index in [-0.39, 0.29) is 33.5 Å². The summed E-state index contributed by atoms with van der Waals surface area (Å²) in [5.74, 6) is -0.497. The second-order valence-corrected chi connectivity index (χ2v) is 11.3. The van der Waals surface area contributed by atoms with Crippen molar-refractivity contribution in [1.82, 2.24) is 0 Å². The first-order valence-electron chi connectivity index (χ1n) is 11.0. The minimum atomic E-state index is -4.74. The van der Waals surface area contributed by atoms with Gasteiger partial charge in [-0.15, -0.1) is 35.5 Å². The summed E-state index contributed by atoms with van der Waals surface area (Å²) in [5.41, 5.74) is 5.68. The number of nitrogen functional groups attached to an aromatic ring is 1. The van der Waals surface area contributed by atoms with E-state index in [2.05, 4.69) is 20.5 Å². The van der Waals surface area contributed by atoms with E-state index in [1.165, 1.54) is 36.4 Å². The number of fused-ring (bicyclic) bond motifs is 1. The van der Waals surface area contributed by atoms with Crippen molar-refractivity contribution in [2.45, 2.75) is 9.79 Å². The van der Waals surface area contributed by atoms with E-state index in [1.54, 1.807) is 30.3 Å². The minimum Gasteiger partial charge on any atom is -0.505 e. The van der Waals surface area contributed by atoms with Crippen molar-refractivity contribution in [1.29, 1.82) is 0 Å². The van der Waals surface area contributed by atoms with Gasteiger partial charge in [0.25, 0.3) is 20.2 Å². The van der Waals surface area contributed by atoms with Crippen LogP contribution in [0.3, 0.4) is 0 Å². The summed E-state index contributed by atoms with van der Waals surface area (Å²) in [6.07, 6.45) is 0. The molecule has 44 heavy (non-hydrogen) atoms. The summed E-state index contributed by atoms with van der Waals surface area (Å²) in [6.45, 7) is 0. The molecule has 18 nitrogen and oxygen atoms in total. The van der Waals surface area contributed by atoms with Gasteiger partial charge >= 0.3 is 21.2 Å². The maximum Gasteiger partial charge on any atom is 0.425 e. The van der Waals surface area contributed by atoms with Crippen molar-refractivity contribution < 1.29 is 56.3 Å². The van der Waals surface area contributed by atoms with Crippen molar-refractivity contribution in [3.05, 3.63) is 72.8 Å². The van der Waals surface area contributed by atoms with Gasteiger partial charge in [-0.05, 0) is 48.5 Å². The highest BCUT2D eigenvalue weighted by atomic mass is 32.2. The highest BCUT2D eigenvalue weighted by Crippen LogP contribution is 2.40. The number of benzene rings is 4. The van der Waals surface area contributed by atoms with Crippen molar-refractivity contribution in [3.8, 4) is 5.75 Å². The van der Waals surface area contributed by atoms with Crippen molar-refractivity contribution in [2.24, 2.45) is 20.5 Å². The largest absolute Gasteiger partial charge is 0.505 e. The molecule has 0 amide bonds. The lowest BCUT2D eigenvalue weighted by atomic mass is 10.1. The Morgan fingerprint density at radius 2 is 1.09 bits per heavy atom. The lowest BCUT2D eigenvalue weighted by Gasteiger charge is -2.09. The van der Waals surface area contributed by atoms with Crippen molar-refractivity contribution in [3.63, 3.8) is 0 Å². The summed E-state index contributed by atoms with van der Waals surface area (Å²) < 4.78 is 117. The Labute approximate surface area is 250 Å². The van der Waals surface area contributed by atoms with Gasteiger partial charge in [-0.2, -0.15) is 27.1 Å². The molecule has 0 bridgehead atoms. The van der Waals surface area contributed by atoms with Crippen LogP contribution < -0.4 is 5.73 Å². The van der Waals surface area contributed by atoms with E-state index in [9.17, 15) is 31.0 Å². The molecule has 22 heteroatoms. The Morgan fingerprint density at radius 3 is 1.64 bits per heavy atom. The molecule has 0 aliphatic rings. The number of rotatable bonds is 6. The van der Waals surface area contributed by atoms with Crippen LogP contribution in [0.5, 0.6) is 5.75 Å². The predicted molar refractivity (Wildman–Crippen MR) is 150 cm³/mol. The molecular formula is C22H17N5O13S4. The third-order valence-corrected chi connectivity index (χ3v) is 6.77. The summed E-state index contributed by atoms with van der Waals surface area (Å²) in [7, 11) is -15.7. The topological polar surface area (TPSA) is 307 Å². The molecule has 0 aliphatic heterocycles. The first-order chi connectivity index (χ1) is 20.4. The van der Waals surface area contributed by atoms with Gasteiger partial charge in [0, 0.05) is 10.8 Å². The highest BCUT2D eigenvalue weighted by Gasteiger charge is 2.21. The van der Waals surface area contributed by atoms with Crippen LogP contribution in [-0.4, -0.2) is 56.3 Å². The molecule has 4 aromatic rings. The fraction of sp³-hybridized carbons (Fsp3) is 0. The SMILES string of the molecule is Nc1ccc2c(O)c(N=Nc3ccc(N=Nc4ccccc4)cc3S(=O)(=O)O)ccc2c1S(=O)(=O)O.O=S(=O)=O.O=S(=O)=O. The molecule has 4 rings (SSSR count). The maximum absolute atomic E-state index is 11.9. The minimum absolute atomic E-state index is 0.0000466. The lowest BCUT2D eigenvalue weighted by molar-refractivity contribution is 0.481. The molecule has 0 aliphatic carbocycles. The molecule has 0 aromatic heterocycles. The molecular weight excluding hydrogens is 671 g/mol. The summed E-state index contributed by atoms with van der Waals surface area (Å²) >= 11 is 0.